The summed E-state index contributed by atoms with van der Waals surface area (Å²) in [6.07, 6.45) is 0. The summed E-state index contributed by atoms with van der Waals surface area (Å²) in [6.45, 7) is -0.241. The molecule has 1 aromatic heterocycles. The molecule has 0 atom stereocenters. The van der Waals surface area contributed by atoms with E-state index in [1.165, 1.54) is 11.9 Å². The second-order valence-electron chi connectivity index (χ2n) is 5.91. The Labute approximate surface area is 164 Å². The van der Waals surface area contributed by atoms with E-state index in [2.05, 4.69) is 10.3 Å². The first-order valence-electron chi connectivity index (χ1n) is 7.98. The van der Waals surface area contributed by atoms with E-state index >= 15 is 0 Å². The Kier molecular flexibility index (Phi) is 5.48. The molecule has 0 aliphatic carbocycles. The van der Waals surface area contributed by atoms with Gasteiger partial charge in [-0.2, -0.15) is 0 Å². The SMILES string of the molecule is CN(CC(=O)Nc1c(Cl)cccc1Cl)C(=O)c1cc2ccccc2c(=O)[nH]1. The number of halogens is 2. The highest BCUT2D eigenvalue weighted by Gasteiger charge is 2.18. The van der Waals surface area contributed by atoms with Gasteiger partial charge < -0.3 is 15.2 Å². The first-order valence-corrected chi connectivity index (χ1v) is 8.74. The second kappa shape index (κ2) is 7.82. The Morgan fingerprint density at radius 3 is 2.44 bits per heavy atom. The minimum absolute atomic E-state index is 0.102. The van der Waals surface area contributed by atoms with Crippen LogP contribution in [0, 0.1) is 0 Å². The second-order valence-corrected chi connectivity index (χ2v) is 6.72. The molecule has 0 saturated heterocycles. The van der Waals surface area contributed by atoms with Crippen molar-refractivity contribution in [2.24, 2.45) is 0 Å². The van der Waals surface area contributed by atoms with Crippen molar-refractivity contribution in [1.82, 2.24) is 9.88 Å². The molecule has 3 rings (SSSR count). The molecule has 0 bridgehead atoms. The van der Waals surface area contributed by atoms with E-state index in [9.17, 15) is 14.4 Å². The summed E-state index contributed by atoms with van der Waals surface area (Å²) < 4.78 is 0. The number of pyridine rings is 1. The van der Waals surface area contributed by atoms with Crippen LogP contribution in [-0.4, -0.2) is 35.3 Å². The summed E-state index contributed by atoms with van der Waals surface area (Å²) >= 11 is 12.0. The summed E-state index contributed by atoms with van der Waals surface area (Å²) in [5.41, 5.74) is 0.0210. The molecule has 0 fully saturated rings. The van der Waals surface area contributed by atoms with E-state index < -0.39 is 11.8 Å². The number of carbonyl (C=O) groups is 2. The molecule has 2 amide bonds. The van der Waals surface area contributed by atoms with Gasteiger partial charge in [-0.1, -0.05) is 47.5 Å². The van der Waals surface area contributed by atoms with Crippen molar-refractivity contribution in [3.8, 4) is 0 Å². The third-order valence-corrected chi connectivity index (χ3v) is 4.57. The van der Waals surface area contributed by atoms with Gasteiger partial charge in [0.05, 0.1) is 22.3 Å². The summed E-state index contributed by atoms with van der Waals surface area (Å²) in [5, 5.41) is 4.31. The molecule has 2 aromatic carbocycles. The number of hydrogen-bond donors (Lipinski definition) is 2. The third kappa shape index (κ3) is 4.13. The minimum Gasteiger partial charge on any atom is -0.331 e. The number of benzene rings is 2. The normalized spacial score (nSPS) is 10.6. The Hall–Kier alpha value is -2.83. The van der Waals surface area contributed by atoms with Crippen molar-refractivity contribution >= 4 is 51.5 Å². The van der Waals surface area contributed by atoms with Gasteiger partial charge in [-0.25, -0.2) is 0 Å². The molecule has 2 N–H and O–H groups in total. The zero-order valence-corrected chi connectivity index (χ0v) is 15.8. The highest BCUT2D eigenvalue weighted by Crippen LogP contribution is 2.29. The Morgan fingerprint density at radius 1 is 1.07 bits per heavy atom. The predicted octanol–water partition coefficient (Wildman–Crippen LogP) is 3.55. The lowest BCUT2D eigenvalue weighted by Crippen LogP contribution is -2.36. The van der Waals surface area contributed by atoms with Gasteiger partial charge in [0.15, 0.2) is 0 Å². The van der Waals surface area contributed by atoms with Crippen LogP contribution in [0.1, 0.15) is 10.5 Å². The van der Waals surface area contributed by atoms with Crippen molar-refractivity contribution in [3.05, 3.63) is 74.6 Å². The van der Waals surface area contributed by atoms with E-state index in [4.69, 9.17) is 23.2 Å². The summed E-state index contributed by atoms with van der Waals surface area (Å²) in [6, 6.07) is 13.4. The van der Waals surface area contributed by atoms with Gasteiger partial charge in [0.2, 0.25) is 5.91 Å². The molecule has 0 unspecified atom stereocenters. The fourth-order valence-corrected chi connectivity index (χ4v) is 3.11. The van der Waals surface area contributed by atoms with Crippen molar-refractivity contribution < 1.29 is 9.59 Å². The predicted molar refractivity (Wildman–Crippen MR) is 107 cm³/mol. The average Bonchev–Trinajstić information content (AvgIpc) is 2.64. The number of H-pyrrole nitrogens is 1. The number of fused-ring (bicyclic) bond motifs is 1. The largest absolute Gasteiger partial charge is 0.331 e. The molecule has 6 nitrogen and oxygen atoms in total. The van der Waals surface area contributed by atoms with Gasteiger partial charge >= 0.3 is 0 Å². The number of para-hydroxylation sites is 1. The van der Waals surface area contributed by atoms with Crippen molar-refractivity contribution in [3.63, 3.8) is 0 Å². The highest BCUT2D eigenvalue weighted by molar-refractivity contribution is 6.39. The zero-order chi connectivity index (χ0) is 19.6. The Bertz CT molecular complexity index is 1070. The molecular formula is C19H15Cl2N3O3. The molecule has 0 saturated carbocycles. The van der Waals surface area contributed by atoms with Gasteiger partial charge in [0.1, 0.15) is 5.69 Å². The van der Waals surface area contributed by atoms with E-state index in [1.807, 2.05) is 0 Å². The number of rotatable bonds is 4. The van der Waals surface area contributed by atoms with Crippen LogP contribution in [0.3, 0.4) is 0 Å². The number of nitrogens with one attached hydrogen (secondary N) is 2. The van der Waals surface area contributed by atoms with E-state index in [-0.39, 0.29) is 23.5 Å². The van der Waals surface area contributed by atoms with Gasteiger partial charge in [0, 0.05) is 12.4 Å². The third-order valence-electron chi connectivity index (χ3n) is 3.94. The number of carbonyl (C=O) groups excluding carboxylic acids is 2. The lowest BCUT2D eigenvalue weighted by molar-refractivity contribution is -0.116. The van der Waals surface area contributed by atoms with Crippen LogP contribution in [0.2, 0.25) is 10.0 Å². The lowest BCUT2D eigenvalue weighted by atomic mass is 10.1. The van der Waals surface area contributed by atoms with Crippen LogP contribution in [0.4, 0.5) is 5.69 Å². The van der Waals surface area contributed by atoms with Gasteiger partial charge in [-0.15, -0.1) is 0 Å². The van der Waals surface area contributed by atoms with Crippen molar-refractivity contribution in [2.75, 3.05) is 18.9 Å². The molecule has 3 aromatic rings. The topological polar surface area (TPSA) is 82.3 Å². The molecule has 8 heteroatoms. The summed E-state index contributed by atoms with van der Waals surface area (Å²) in [5.74, 6) is -0.956. The monoisotopic (exact) mass is 403 g/mol. The first-order chi connectivity index (χ1) is 12.9. The molecule has 0 aliphatic heterocycles. The molecule has 1 heterocycles. The summed E-state index contributed by atoms with van der Waals surface area (Å²) in [4.78, 5) is 40.7. The molecule has 0 aliphatic rings. The number of nitrogens with zero attached hydrogens (tertiary/aromatic N) is 1. The maximum absolute atomic E-state index is 12.6. The van der Waals surface area contributed by atoms with Crippen LogP contribution in [0.15, 0.2) is 53.3 Å². The van der Waals surface area contributed by atoms with Crippen molar-refractivity contribution in [1.29, 1.82) is 0 Å². The number of aromatic amines is 1. The number of hydrogen-bond acceptors (Lipinski definition) is 3. The maximum Gasteiger partial charge on any atom is 0.270 e. The lowest BCUT2D eigenvalue weighted by Gasteiger charge is -2.17. The maximum atomic E-state index is 12.6. The van der Waals surface area contributed by atoms with Crippen LogP contribution < -0.4 is 10.9 Å². The van der Waals surface area contributed by atoms with Gasteiger partial charge in [-0.05, 0) is 29.7 Å². The van der Waals surface area contributed by atoms with Gasteiger partial charge in [0.25, 0.3) is 11.5 Å². The molecule has 0 radical (unpaired) electrons. The first kappa shape index (κ1) is 18.9. The van der Waals surface area contributed by atoms with Crippen LogP contribution in [0.5, 0.6) is 0 Å². The van der Waals surface area contributed by atoms with E-state index in [0.29, 0.717) is 20.8 Å². The van der Waals surface area contributed by atoms with Crippen LogP contribution in [0.25, 0.3) is 10.8 Å². The zero-order valence-electron chi connectivity index (χ0n) is 14.3. The summed E-state index contributed by atoms with van der Waals surface area (Å²) in [7, 11) is 1.46. The number of likely N-dealkylation sites (N-methyl/N-ethyl adjacent to an activating group) is 1. The Balaban J connectivity index is 1.76. The molecular weight excluding hydrogens is 389 g/mol. The van der Waals surface area contributed by atoms with E-state index in [1.54, 1.807) is 48.5 Å². The average molecular weight is 404 g/mol. The van der Waals surface area contributed by atoms with Gasteiger partial charge in [-0.3, -0.25) is 14.4 Å². The minimum atomic E-state index is -0.488. The quantitative estimate of drug-likeness (QED) is 0.698. The Morgan fingerprint density at radius 2 is 1.74 bits per heavy atom. The standard InChI is InChI=1S/C19H15Cl2N3O3/c1-24(10-16(25)23-17-13(20)7-4-8-14(17)21)19(27)15-9-11-5-2-3-6-12(11)18(26)22-15/h2-9H,10H2,1H3,(H,22,26)(H,23,25). The van der Waals surface area contributed by atoms with Crippen LogP contribution >= 0.6 is 23.2 Å². The van der Waals surface area contributed by atoms with Crippen molar-refractivity contribution in [2.45, 2.75) is 0 Å². The number of amides is 2. The molecule has 138 valence electrons. The highest BCUT2D eigenvalue weighted by atomic mass is 35.5. The molecule has 27 heavy (non-hydrogen) atoms. The smallest absolute Gasteiger partial charge is 0.270 e. The van der Waals surface area contributed by atoms with E-state index in [0.717, 1.165) is 0 Å². The number of anilines is 1. The fourth-order valence-electron chi connectivity index (χ4n) is 2.62. The number of aromatic nitrogens is 1. The fraction of sp³-hybridized carbons (Fsp3) is 0.105. The van der Waals surface area contributed by atoms with Crippen LogP contribution in [-0.2, 0) is 4.79 Å². The molecule has 0 spiro atoms.